The van der Waals surface area contributed by atoms with Crippen LogP contribution in [0.3, 0.4) is 0 Å². The summed E-state index contributed by atoms with van der Waals surface area (Å²) in [5, 5.41) is 6.85. The number of hydrogen-bond donors (Lipinski definition) is 2. The van der Waals surface area contributed by atoms with Crippen LogP contribution in [0, 0.1) is 5.92 Å². The molecule has 7 heteroatoms. The molecule has 150 valence electrons. The first kappa shape index (κ1) is 23.2. The number of nitrogens with zero attached hydrogens (tertiary/aromatic N) is 1. The number of rotatable bonds is 7. The highest BCUT2D eigenvalue weighted by molar-refractivity contribution is 14.0. The van der Waals surface area contributed by atoms with E-state index in [2.05, 4.69) is 23.6 Å². The zero-order chi connectivity index (χ0) is 17.9. The monoisotopic (exact) mass is 479 g/mol. The van der Waals surface area contributed by atoms with Crippen LogP contribution in [0.25, 0.3) is 0 Å². The Morgan fingerprint density at radius 2 is 2.08 bits per heavy atom. The van der Waals surface area contributed by atoms with Crippen LogP contribution in [0.2, 0.25) is 0 Å². The Kier molecular flexibility index (Phi) is 11.9. The molecule has 2 rings (SSSR count). The summed E-state index contributed by atoms with van der Waals surface area (Å²) in [7, 11) is 0. The number of ether oxygens (including phenoxy) is 2. The number of aliphatic imine (C=N–C) groups is 1. The molecule has 0 radical (unpaired) electrons. The summed E-state index contributed by atoms with van der Waals surface area (Å²) in [6, 6.07) is 0.380. The Labute approximate surface area is 174 Å². The fraction of sp³-hybridized carbons (Fsp3) is 0.789. The topological polar surface area (TPSA) is 72.0 Å². The van der Waals surface area contributed by atoms with Crippen LogP contribution >= 0.6 is 24.0 Å². The van der Waals surface area contributed by atoms with E-state index >= 15 is 0 Å². The van der Waals surface area contributed by atoms with Crippen molar-refractivity contribution >= 4 is 35.9 Å². The minimum atomic E-state index is -0.0359. The highest BCUT2D eigenvalue weighted by atomic mass is 127. The normalized spacial score (nSPS) is 23.5. The van der Waals surface area contributed by atoms with Crippen LogP contribution in [-0.4, -0.2) is 50.9 Å². The van der Waals surface area contributed by atoms with Crippen molar-refractivity contribution in [2.24, 2.45) is 10.9 Å². The minimum Gasteiger partial charge on any atom is -0.466 e. The summed E-state index contributed by atoms with van der Waals surface area (Å²) < 4.78 is 10.5. The van der Waals surface area contributed by atoms with E-state index in [0.29, 0.717) is 12.6 Å². The molecule has 0 saturated heterocycles. The van der Waals surface area contributed by atoms with Gasteiger partial charge in [0.25, 0.3) is 0 Å². The van der Waals surface area contributed by atoms with Gasteiger partial charge in [0.15, 0.2) is 5.96 Å². The second-order valence-electron chi connectivity index (χ2n) is 6.64. The molecule has 0 atom stereocenters. The molecule has 0 aromatic heterocycles. The highest BCUT2D eigenvalue weighted by Crippen LogP contribution is 2.25. The Morgan fingerprint density at radius 1 is 1.31 bits per heavy atom. The van der Waals surface area contributed by atoms with Gasteiger partial charge in [-0.3, -0.25) is 9.79 Å². The van der Waals surface area contributed by atoms with Crippen molar-refractivity contribution in [3.8, 4) is 0 Å². The average molecular weight is 479 g/mol. The first-order chi connectivity index (χ1) is 12.2. The van der Waals surface area contributed by atoms with E-state index in [0.717, 1.165) is 70.8 Å². The fourth-order valence-electron chi connectivity index (χ4n) is 3.35. The Balaban J connectivity index is 0.00000338. The third kappa shape index (κ3) is 8.24. The molecule has 1 saturated carbocycles. The maximum Gasteiger partial charge on any atom is 0.308 e. The van der Waals surface area contributed by atoms with Gasteiger partial charge < -0.3 is 20.1 Å². The second kappa shape index (κ2) is 13.4. The molecule has 0 amide bonds. The van der Waals surface area contributed by atoms with Gasteiger partial charge in [0, 0.05) is 19.1 Å². The van der Waals surface area contributed by atoms with Crippen molar-refractivity contribution in [1.29, 1.82) is 0 Å². The van der Waals surface area contributed by atoms with E-state index in [9.17, 15) is 4.79 Å². The number of esters is 1. The summed E-state index contributed by atoms with van der Waals surface area (Å²) in [6.45, 7) is 7.62. The summed E-state index contributed by atoms with van der Waals surface area (Å²) in [5.41, 5.74) is 1.45. The molecule has 2 aliphatic rings. The Hall–Kier alpha value is -0.830. The number of nitrogens with one attached hydrogen (secondary N) is 2. The molecule has 6 nitrogen and oxygen atoms in total. The van der Waals surface area contributed by atoms with Crippen LogP contribution in [0.15, 0.2) is 16.6 Å². The molecule has 0 aromatic carbocycles. The van der Waals surface area contributed by atoms with Gasteiger partial charge in [0.05, 0.1) is 25.7 Å². The highest BCUT2D eigenvalue weighted by Gasteiger charge is 2.27. The van der Waals surface area contributed by atoms with Crippen molar-refractivity contribution in [2.75, 3.05) is 32.9 Å². The number of halogens is 1. The first-order valence-electron chi connectivity index (χ1n) is 9.70. The third-order valence-electron chi connectivity index (χ3n) is 4.79. The van der Waals surface area contributed by atoms with Gasteiger partial charge in [0.2, 0.25) is 0 Å². The van der Waals surface area contributed by atoms with E-state index in [1.165, 1.54) is 5.57 Å². The quantitative estimate of drug-likeness (QED) is 0.193. The molecule has 1 heterocycles. The molecule has 0 unspecified atom stereocenters. The lowest BCUT2D eigenvalue weighted by Gasteiger charge is -2.29. The van der Waals surface area contributed by atoms with Crippen molar-refractivity contribution in [3.05, 3.63) is 11.6 Å². The number of hydrogen-bond acceptors (Lipinski definition) is 4. The lowest BCUT2D eigenvalue weighted by Crippen LogP contribution is -2.45. The minimum absolute atomic E-state index is 0. The van der Waals surface area contributed by atoms with Crippen LogP contribution in [0.1, 0.15) is 52.4 Å². The molecule has 0 bridgehead atoms. The number of carbonyl (C=O) groups excluding carboxylic acids is 1. The largest absolute Gasteiger partial charge is 0.466 e. The predicted molar refractivity (Wildman–Crippen MR) is 115 cm³/mol. The first-order valence-corrected chi connectivity index (χ1v) is 9.70. The lowest BCUT2D eigenvalue weighted by atomic mass is 9.86. The van der Waals surface area contributed by atoms with Gasteiger partial charge in [0.1, 0.15) is 0 Å². The second-order valence-corrected chi connectivity index (χ2v) is 6.64. The number of carbonyl (C=O) groups is 1. The fourth-order valence-corrected chi connectivity index (χ4v) is 3.35. The third-order valence-corrected chi connectivity index (χ3v) is 4.79. The molecule has 1 aliphatic heterocycles. The van der Waals surface area contributed by atoms with Gasteiger partial charge in [-0.2, -0.15) is 0 Å². The Morgan fingerprint density at radius 3 is 2.69 bits per heavy atom. The summed E-state index contributed by atoms with van der Waals surface area (Å²) in [4.78, 5) is 16.5. The van der Waals surface area contributed by atoms with Gasteiger partial charge in [-0.15, -0.1) is 24.0 Å². The van der Waals surface area contributed by atoms with Crippen LogP contribution in [-0.2, 0) is 14.3 Å². The smallest absolute Gasteiger partial charge is 0.308 e. The molecule has 0 aromatic rings. The predicted octanol–water partition coefficient (Wildman–Crippen LogP) is 3.02. The van der Waals surface area contributed by atoms with Crippen LogP contribution < -0.4 is 10.6 Å². The molecule has 1 aliphatic carbocycles. The zero-order valence-electron chi connectivity index (χ0n) is 16.1. The van der Waals surface area contributed by atoms with Crippen molar-refractivity contribution in [1.82, 2.24) is 10.6 Å². The van der Waals surface area contributed by atoms with Crippen molar-refractivity contribution in [2.45, 2.75) is 58.4 Å². The van der Waals surface area contributed by atoms with E-state index < -0.39 is 0 Å². The molecular weight excluding hydrogens is 445 g/mol. The lowest BCUT2D eigenvalue weighted by molar-refractivity contribution is -0.149. The molecule has 26 heavy (non-hydrogen) atoms. The van der Waals surface area contributed by atoms with Gasteiger partial charge in [-0.05, 0) is 52.4 Å². The van der Waals surface area contributed by atoms with Crippen molar-refractivity contribution < 1.29 is 14.3 Å². The molecule has 2 N–H and O–H groups in total. The van der Waals surface area contributed by atoms with Crippen LogP contribution in [0.5, 0.6) is 0 Å². The Bertz CT molecular complexity index is 475. The number of guanidine groups is 1. The molecule has 1 fully saturated rings. The molecule has 0 spiro atoms. The maximum absolute atomic E-state index is 11.8. The van der Waals surface area contributed by atoms with Gasteiger partial charge >= 0.3 is 5.97 Å². The van der Waals surface area contributed by atoms with Crippen molar-refractivity contribution in [3.63, 3.8) is 0 Å². The van der Waals surface area contributed by atoms with E-state index in [4.69, 9.17) is 14.5 Å². The maximum atomic E-state index is 11.8. The van der Waals surface area contributed by atoms with E-state index in [1.54, 1.807) is 0 Å². The van der Waals surface area contributed by atoms with E-state index in [1.807, 2.05) is 6.92 Å². The SMILES string of the molecule is CCNC(=NCCC1=CCOCC1)NC1CCC(C(=O)OCC)CC1.I. The summed E-state index contributed by atoms with van der Waals surface area (Å²) in [6.07, 6.45) is 7.95. The van der Waals surface area contributed by atoms with Gasteiger partial charge in [-0.1, -0.05) is 11.6 Å². The van der Waals surface area contributed by atoms with E-state index in [-0.39, 0.29) is 35.9 Å². The van der Waals surface area contributed by atoms with Gasteiger partial charge in [-0.25, -0.2) is 0 Å². The molecular formula is C19H34IN3O3. The summed E-state index contributed by atoms with van der Waals surface area (Å²) >= 11 is 0. The average Bonchev–Trinajstić information content (AvgIpc) is 2.63. The summed E-state index contributed by atoms with van der Waals surface area (Å²) in [5.74, 6) is 0.916. The van der Waals surface area contributed by atoms with Crippen LogP contribution in [0.4, 0.5) is 0 Å². The standard InChI is InChI=1S/C19H33N3O3.HI/c1-3-20-19(21-12-9-15-10-13-24-14-11-15)22-17-7-5-16(6-8-17)18(23)25-4-2;/h10,16-17H,3-9,11-14H2,1-2H3,(H2,20,21,22);1H. The zero-order valence-corrected chi connectivity index (χ0v) is 18.4.